The van der Waals surface area contributed by atoms with Crippen molar-refractivity contribution in [3.63, 3.8) is 0 Å². The van der Waals surface area contributed by atoms with Gasteiger partial charge in [-0.05, 0) is 60.0 Å². The minimum Gasteiger partial charge on any atom is -0.383 e. The first kappa shape index (κ1) is 15.4. The molecule has 1 nitrogen and oxygen atoms in total. The highest BCUT2D eigenvalue weighted by Crippen LogP contribution is 2.35. The van der Waals surface area contributed by atoms with E-state index in [4.69, 9.17) is 0 Å². The first-order chi connectivity index (χ1) is 10.5. The third kappa shape index (κ3) is 3.14. The van der Waals surface area contributed by atoms with Crippen molar-refractivity contribution in [3.05, 3.63) is 80.9 Å². The van der Waals surface area contributed by atoms with Gasteiger partial charge in [-0.3, -0.25) is 0 Å². The molecule has 0 amide bonds. The zero-order chi connectivity index (χ0) is 15.7. The summed E-state index contributed by atoms with van der Waals surface area (Å²) in [6.07, 6.45) is -0.656. The second-order valence-electron chi connectivity index (χ2n) is 5.11. The predicted molar refractivity (Wildman–Crippen MR) is 92.7 cm³/mol. The fraction of sp³-hybridized carbons (Fsp3) is 0.111. The number of aryl methyl sites for hydroxylation is 1. The van der Waals surface area contributed by atoms with Crippen LogP contribution in [-0.2, 0) is 0 Å². The molecular weight excluding hydrogens is 363 g/mol. The van der Waals surface area contributed by atoms with Crippen LogP contribution in [-0.4, -0.2) is 5.11 Å². The Balaban J connectivity index is 1.93. The molecule has 1 N–H and O–H groups in total. The van der Waals surface area contributed by atoms with Gasteiger partial charge in [0.2, 0.25) is 0 Å². The van der Waals surface area contributed by atoms with Crippen molar-refractivity contribution in [2.75, 3.05) is 0 Å². The molecule has 0 aliphatic heterocycles. The van der Waals surface area contributed by atoms with E-state index >= 15 is 0 Å². The average molecular weight is 377 g/mol. The van der Waals surface area contributed by atoms with Crippen LogP contribution in [0, 0.1) is 12.7 Å². The highest BCUT2D eigenvalue weighted by atomic mass is 79.9. The Labute approximate surface area is 141 Å². The molecule has 4 heteroatoms. The highest BCUT2D eigenvalue weighted by Gasteiger charge is 2.16. The van der Waals surface area contributed by atoms with Crippen LogP contribution in [0.4, 0.5) is 4.39 Å². The number of rotatable bonds is 3. The number of benzene rings is 2. The number of aliphatic hydroxyl groups is 1. The summed E-state index contributed by atoms with van der Waals surface area (Å²) in [6.45, 7) is 1.99. The van der Waals surface area contributed by atoms with Gasteiger partial charge in [0, 0.05) is 14.2 Å². The van der Waals surface area contributed by atoms with E-state index in [-0.39, 0.29) is 5.82 Å². The molecule has 0 spiro atoms. The van der Waals surface area contributed by atoms with Gasteiger partial charge in [-0.25, -0.2) is 4.39 Å². The maximum atomic E-state index is 13.0. The van der Waals surface area contributed by atoms with E-state index < -0.39 is 6.10 Å². The summed E-state index contributed by atoms with van der Waals surface area (Å²) in [5, 5.41) is 10.6. The average Bonchev–Trinajstić information content (AvgIpc) is 2.99. The Bertz CT molecular complexity index is 795. The van der Waals surface area contributed by atoms with Crippen LogP contribution in [0.3, 0.4) is 0 Å². The molecule has 0 fully saturated rings. The summed E-state index contributed by atoms with van der Waals surface area (Å²) in [7, 11) is 0. The van der Waals surface area contributed by atoms with Gasteiger partial charge in [0.15, 0.2) is 0 Å². The molecule has 112 valence electrons. The van der Waals surface area contributed by atoms with Gasteiger partial charge in [0.1, 0.15) is 11.9 Å². The molecule has 1 atom stereocenters. The van der Waals surface area contributed by atoms with Crippen molar-refractivity contribution < 1.29 is 9.50 Å². The molecule has 1 heterocycles. The topological polar surface area (TPSA) is 20.2 Å². The minimum absolute atomic E-state index is 0.245. The number of aliphatic hydroxyl groups excluding tert-OH is 1. The summed E-state index contributed by atoms with van der Waals surface area (Å²) in [4.78, 5) is 1.89. The maximum absolute atomic E-state index is 13.0. The third-order valence-electron chi connectivity index (χ3n) is 3.56. The van der Waals surface area contributed by atoms with Crippen molar-refractivity contribution in [2.24, 2.45) is 0 Å². The molecule has 0 bridgehead atoms. The fourth-order valence-corrected chi connectivity index (χ4v) is 3.73. The smallest absolute Gasteiger partial charge is 0.123 e. The van der Waals surface area contributed by atoms with Gasteiger partial charge in [-0.1, -0.05) is 34.1 Å². The summed E-state index contributed by atoms with van der Waals surface area (Å²) < 4.78 is 13.9. The maximum Gasteiger partial charge on any atom is 0.123 e. The lowest BCUT2D eigenvalue weighted by atomic mass is 10.0. The van der Waals surface area contributed by atoms with Crippen molar-refractivity contribution in [3.8, 4) is 10.4 Å². The number of halogens is 2. The second kappa shape index (κ2) is 6.32. The Hall–Kier alpha value is -1.49. The summed E-state index contributed by atoms with van der Waals surface area (Å²) in [5.41, 5.74) is 2.89. The van der Waals surface area contributed by atoms with Gasteiger partial charge in [0.25, 0.3) is 0 Å². The van der Waals surface area contributed by atoms with E-state index in [1.54, 1.807) is 12.1 Å². The van der Waals surface area contributed by atoms with Gasteiger partial charge >= 0.3 is 0 Å². The van der Waals surface area contributed by atoms with Crippen LogP contribution < -0.4 is 0 Å². The molecular formula is C18H14BrFOS. The molecule has 1 aromatic heterocycles. The van der Waals surface area contributed by atoms with E-state index in [2.05, 4.69) is 15.9 Å². The number of thiophene rings is 1. The van der Waals surface area contributed by atoms with E-state index in [9.17, 15) is 9.50 Å². The Kier molecular flexibility index (Phi) is 4.43. The monoisotopic (exact) mass is 376 g/mol. The Morgan fingerprint density at radius 3 is 2.50 bits per heavy atom. The van der Waals surface area contributed by atoms with Gasteiger partial charge in [0.05, 0.1) is 0 Å². The van der Waals surface area contributed by atoms with Crippen LogP contribution in [0.2, 0.25) is 0 Å². The largest absolute Gasteiger partial charge is 0.383 e. The lowest BCUT2D eigenvalue weighted by Gasteiger charge is -2.12. The molecule has 3 rings (SSSR count). The molecule has 0 saturated heterocycles. The molecule has 22 heavy (non-hydrogen) atoms. The molecule has 0 aliphatic rings. The van der Waals surface area contributed by atoms with E-state index in [1.165, 1.54) is 23.5 Å². The van der Waals surface area contributed by atoms with Crippen LogP contribution in [0.25, 0.3) is 10.4 Å². The minimum atomic E-state index is -0.656. The number of hydrogen-bond donors (Lipinski definition) is 1. The molecule has 3 aromatic rings. The first-order valence-corrected chi connectivity index (χ1v) is 8.45. The van der Waals surface area contributed by atoms with Gasteiger partial charge in [-0.2, -0.15) is 0 Å². The van der Waals surface area contributed by atoms with Crippen LogP contribution >= 0.6 is 27.3 Å². The molecule has 1 unspecified atom stereocenters. The van der Waals surface area contributed by atoms with Crippen molar-refractivity contribution in [1.82, 2.24) is 0 Å². The predicted octanol–water partition coefficient (Wildman–Crippen LogP) is 5.71. The Morgan fingerprint density at radius 2 is 1.77 bits per heavy atom. The standard InChI is InChI=1S/C18H14BrFOS/c1-11-2-5-13(19)10-15(11)18(21)17-9-8-16(22-17)12-3-6-14(20)7-4-12/h2-10,18,21H,1H3. The Morgan fingerprint density at radius 1 is 1.05 bits per heavy atom. The molecule has 0 radical (unpaired) electrons. The SMILES string of the molecule is Cc1ccc(Br)cc1C(O)c1ccc(-c2ccc(F)cc2)s1. The molecule has 0 saturated carbocycles. The summed E-state index contributed by atoms with van der Waals surface area (Å²) in [6, 6.07) is 16.2. The van der Waals surface area contributed by atoms with Crippen molar-refractivity contribution >= 4 is 27.3 Å². The van der Waals surface area contributed by atoms with Crippen LogP contribution in [0.5, 0.6) is 0 Å². The zero-order valence-corrected chi connectivity index (χ0v) is 14.3. The summed E-state index contributed by atoms with van der Waals surface area (Å²) in [5.74, 6) is -0.245. The molecule has 0 aliphatic carbocycles. The third-order valence-corrected chi connectivity index (χ3v) is 5.24. The highest BCUT2D eigenvalue weighted by molar-refractivity contribution is 9.10. The van der Waals surface area contributed by atoms with Gasteiger partial charge in [-0.15, -0.1) is 11.3 Å². The van der Waals surface area contributed by atoms with Crippen molar-refractivity contribution in [2.45, 2.75) is 13.0 Å². The van der Waals surface area contributed by atoms with Crippen LogP contribution in [0.15, 0.2) is 59.1 Å². The quantitative estimate of drug-likeness (QED) is 0.620. The number of hydrogen-bond acceptors (Lipinski definition) is 2. The fourth-order valence-electron chi connectivity index (χ4n) is 2.33. The zero-order valence-electron chi connectivity index (χ0n) is 11.9. The summed E-state index contributed by atoms with van der Waals surface area (Å²) >= 11 is 4.96. The van der Waals surface area contributed by atoms with E-state index in [0.717, 1.165) is 30.9 Å². The first-order valence-electron chi connectivity index (χ1n) is 6.84. The van der Waals surface area contributed by atoms with Crippen LogP contribution in [0.1, 0.15) is 22.1 Å². The normalized spacial score (nSPS) is 12.4. The lowest BCUT2D eigenvalue weighted by Crippen LogP contribution is -1.99. The van der Waals surface area contributed by atoms with E-state index in [1.807, 2.05) is 37.3 Å². The lowest BCUT2D eigenvalue weighted by molar-refractivity contribution is 0.223. The van der Waals surface area contributed by atoms with E-state index in [0.29, 0.717) is 0 Å². The molecule has 2 aromatic carbocycles. The van der Waals surface area contributed by atoms with Gasteiger partial charge < -0.3 is 5.11 Å². The second-order valence-corrected chi connectivity index (χ2v) is 7.14. The van der Waals surface area contributed by atoms with Crippen molar-refractivity contribution in [1.29, 1.82) is 0 Å².